The Bertz CT molecular complexity index is 606. The zero-order valence-electron chi connectivity index (χ0n) is 17.2. The number of aryl methyl sites for hydroxylation is 1. The lowest BCUT2D eigenvalue weighted by Crippen LogP contribution is -2.47. The van der Waals surface area contributed by atoms with Gasteiger partial charge in [-0.1, -0.05) is 36.2 Å². The van der Waals surface area contributed by atoms with Crippen molar-refractivity contribution in [3.63, 3.8) is 0 Å². The Balaban J connectivity index is 0.00000392. The van der Waals surface area contributed by atoms with Crippen molar-refractivity contribution in [2.75, 3.05) is 59.9 Å². The SMILES string of the molecule is CN=C(NCCCc1ccc(Cl)cc1Cl)NCC(C)CN1CCN(C)CC1.I. The van der Waals surface area contributed by atoms with Crippen molar-refractivity contribution in [3.05, 3.63) is 33.8 Å². The summed E-state index contributed by atoms with van der Waals surface area (Å²) in [5, 5.41) is 8.24. The number of likely N-dealkylation sites (N-methyl/N-ethyl adjacent to an activating group) is 1. The first kappa shape index (κ1) is 25.8. The number of guanidine groups is 1. The number of halogens is 3. The van der Waals surface area contributed by atoms with E-state index in [0.29, 0.717) is 10.9 Å². The topological polar surface area (TPSA) is 42.9 Å². The normalized spacial score (nSPS) is 17.1. The minimum absolute atomic E-state index is 0. The third kappa shape index (κ3) is 9.48. The molecule has 1 unspecified atom stereocenters. The number of rotatable bonds is 8. The molecule has 0 aromatic heterocycles. The fourth-order valence-corrected chi connectivity index (χ4v) is 3.74. The fraction of sp³-hybridized carbons (Fsp3) is 0.650. The van der Waals surface area contributed by atoms with E-state index in [-0.39, 0.29) is 24.0 Å². The average Bonchev–Trinajstić information content (AvgIpc) is 2.64. The van der Waals surface area contributed by atoms with E-state index in [4.69, 9.17) is 23.2 Å². The van der Waals surface area contributed by atoms with Crippen LogP contribution in [0.2, 0.25) is 10.0 Å². The van der Waals surface area contributed by atoms with Crippen molar-refractivity contribution in [2.24, 2.45) is 10.9 Å². The molecule has 0 radical (unpaired) electrons. The van der Waals surface area contributed by atoms with Gasteiger partial charge in [-0.15, -0.1) is 24.0 Å². The first-order valence-electron chi connectivity index (χ1n) is 9.77. The smallest absolute Gasteiger partial charge is 0.190 e. The second-order valence-corrected chi connectivity index (χ2v) is 8.27. The number of hydrogen-bond acceptors (Lipinski definition) is 3. The molecule has 1 aliphatic heterocycles. The molecule has 5 nitrogen and oxygen atoms in total. The van der Waals surface area contributed by atoms with Gasteiger partial charge in [0.15, 0.2) is 5.96 Å². The Morgan fingerprint density at radius 3 is 2.54 bits per heavy atom. The highest BCUT2D eigenvalue weighted by molar-refractivity contribution is 14.0. The van der Waals surface area contributed by atoms with Crippen molar-refractivity contribution in [2.45, 2.75) is 19.8 Å². The maximum atomic E-state index is 6.22. The van der Waals surface area contributed by atoms with Crippen LogP contribution in [-0.2, 0) is 6.42 Å². The van der Waals surface area contributed by atoms with E-state index >= 15 is 0 Å². The highest BCUT2D eigenvalue weighted by atomic mass is 127. The largest absolute Gasteiger partial charge is 0.356 e. The number of piperazine rings is 1. The Kier molecular flexibility index (Phi) is 12.7. The van der Waals surface area contributed by atoms with Crippen LogP contribution in [-0.4, -0.2) is 75.7 Å². The second kappa shape index (κ2) is 13.9. The second-order valence-electron chi connectivity index (χ2n) is 7.43. The van der Waals surface area contributed by atoms with Gasteiger partial charge in [0.25, 0.3) is 0 Å². The number of aliphatic imine (C=N–C) groups is 1. The summed E-state index contributed by atoms with van der Waals surface area (Å²) in [4.78, 5) is 9.27. The van der Waals surface area contributed by atoms with Crippen LogP contribution in [0.3, 0.4) is 0 Å². The zero-order valence-corrected chi connectivity index (χ0v) is 21.0. The summed E-state index contributed by atoms with van der Waals surface area (Å²) in [5.41, 5.74) is 1.13. The molecule has 1 aliphatic rings. The summed E-state index contributed by atoms with van der Waals surface area (Å²) in [6.45, 7) is 9.87. The summed E-state index contributed by atoms with van der Waals surface area (Å²) < 4.78 is 0. The molecule has 0 amide bonds. The van der Waals surface area contributed by atoms with Gasteiger partial charge in [0.2, 0.25) is 0 Å². The molecule has 1 heterocycles. The molecule has 0 aliphatic carbocycles. The van der Waals surface area contributed by atoms with Crippen molar-refractivity contribution in [1.29, 1.82) is 0 Å². The van der Waals surface area contributed by atoms with Gasteiger partial charge in [-0.2, -0.15) is 0 Å². The molecule has 8 heteroatoms. The van der Waals surface area contributed by atoms with Crippen LogP contribution in [0.4, 0.5) is 0 Å². The third-order valence-corrected chi connectivity index (χ3v) is 5.52. The molecule has 1 saturated heterocycles. The molecule has 0 bridgehead atoms. The standard InChI is InChI=1S/C20H33Cl2N5.HI/c1-16(15-27-11-9-26(3)10-12-27)14-25-20(23-2)24-8-4-5-17-6-7-18(21)13-19(17)22;/h6-7,13,16H,4-5,8-12,14-15H2,1-3H3,(H2,23,24,25);1H. The minimum atomic E-state index is 0. The molecule has 0 spiro atoms. The summed E-state index contributed by atoms with van der Waals surface area (Å²) in [6, 6.07) is 5.68. The first-order valence-corrected chi connectivity index (χ1v) is 10.5. The van der Waals surface area contributed by atoms with E-state index in [2.05, 4.69) is 39.4 Å². The molecule has 1 aromatic carbocycles. The predicted molar refractivity (Wildman–Crippen MR) is 133 cm³/mol. The zero-order chi connectivity index (χ0) is 19.6. The summed E-state index contributed by atoms with van der Waals surface area (Å²) in [6.07, 6.45) is 1.90. The highest BCUT2D eigenvalue weighted by Crippen LogP contribution is 2.21. The van der Waals surface area contributed by atoms with Crippen LogP contribution >= 0.6 is 47.2 Å². The minimum Gasteiger partial charge on any atom is -0.356 e. The molecule has 1 fully saturated rings. The molecular weight excluding hydrogens is 508 g/mol. The van der Waals surface area contributed by atoms with Gasteiger partial charge < -0.3 is 20.4 Å². The summed E-state index contributed by atoms with van der Waals surface area (Å²) in [7, 11) is 4.01. The van der Waals surface area contributed by atoms with Crippen molar-refractivity contribution >= 4 is 53.1 Å². The van der Waals surface area contributed by atoms with Crippen molar-refractivity contribution < 1.29 is 0 Å². The van der Waals surface area contributed by atoms with E-state index in [1.165, 1.54) is 26.2 Å². The van der Waals surface area contributed by atoms with Crippen LogP contribution in [0.5, 0.6) is 0 Å². The van der Waals surface area contributed by atoms with E-state index in [0.717, 1.165) is 49.0 Å². The molecule has 0 saturated carbocycles. The quantitative estimate of drug-likeness (QED) is 0.228. The van der Waals surface area contributed by atoms with Gasteiger partial charge in [0, 0.05) is 62.9 Å². The van der Waals surface area contributed by atoms with E-state index in [1.54, 1.807) is 6.07 Å². The molecule has 28 heavy (non-hydrogen) atoms. The molecule has 2 N–H and O–H groups in total. The van der Waals surface area contributed by atoms with E-state index in [1.807, 2.05) is 19.2 Å². The lowest BCUT2D eigenvalue weighted by atomic mass is 10.1. The van der Waals surface area contributed by atoms with Gasteiger partial charge >= 0.3 is 0 Å². The van der Waals surface area contributed by atoms with Crippen molar-refractivity contribution in [1.82, 2.24) is 20.4 Å². The maximum Gasteiger partial charge on any atom is 0.190 e. The Morgan fingerprint density at radius 2 is 1.89 bits per heavy atom. The lowest BCUT2D eigenvalue weighted by Gasteiger charge is -2.34. The number of benzene rings is 1. The number of hydrogen-bond donors (Lipinski definition) is 2. The van der Waals surface area contributed by atoms with Crippen LogP contribution in [0.15, 0.2) is 23.2 Å². The predicted octanol–water partition coefficient (Wildman–Crippen LogP) is 3.59. The van der Waals surface area contributed by atoms with Gasteiger partial charge in [0.1, 0.15) is 0 Å². The van der Waals surface area contributed by atoms with E-state index < -0.39 is 0 Å². The Hall–Kier alpha value is -0.280. The molecule has 2 rings (SSSR count). The molecule has 1 atom stereocenters. The Morgan fingerprint density at radius 1 is 1.18 bits per heavy atom. The molecular formula is C20H34Cl2IN5. The summed E-state index contributed by atoms with van der Waals surface area (Å²) in [5.74, 6) is 1.45. The van der Waals surface area contributed by atoms with Crippen LogP contribution in [0, 0.1) is 5.92 Å². The van der Waals surface area contributed by atoms with Gasteiger partial charge in [0.05, 0.1) is 0 Å². The number of nitrogens with zero attached hydrogens (tertiary/aromatic N) is 3. The number of nitrogens with one attached hydrogen (secondary N) is 2. The van der Waals surface area contributed by atoms with Gasteiger partial charge in [-0.25, -0.2) is 0 Å². The van der Waals surface area contributed by atoms with Crippen LogP contribution in [0.25, 0.3) is 0 Å². The van der Waals surface area contributed by atoms with Gasteiger partial charge in [-0.05, 0) is 43.5 Å². The highest BCUT2D eigenvalue weighted by Gasteiger charge is 2.16. The third-order valence-electron chi connectivity index (χ3n) is 4.94. The van der Waals surface area contributed by atoms with Crippen LogP contribution in [0.1, 0.15) is 18.9 Å². The van der Waals surface area contributed by atoms with Crippen LogP contribution < -0.4 is 10.6 Å². The maximum absolute atomic E-state index is 6.22. The average molecular weight is 542 g/mol. The van der Waals surface area contributed by atoms with E-state index in [9.17, 15) is 0 Å². The lowest BCUT2D eigenvalue weighted by molar-refractivity contribution is 0.139. The molecule has 1 aromatic rings. The first-order chi connectivity index (χ1) is 13.0. The van der Waals surface area contributed by atoms with Crippen molar-refractivity contribution in [3.8, 4) is 0 Å². The van der Waals surface area contributed by atoms with Gasteiger partial charge in [-0.3, -0.25) is 4.99 Å². The molecule has 160 valence electrons. The monoisotopic (exact) mass is 541 g/mol. The summed E-state index contributed by atoms with van der Waals surface area (Å²) >= 11 is 12.2. The Labute approximate surface area is 197 Å². The fourth-order valence-electron chi connectivity index (χ4n) is 3.24.